The first-order chi connectivity index (χ1) is 9.29. The summed E-state index contributed by atoms with van der Waals surface area (Å²) in [5.74, 6) is 1.43. The highest BCUT2D eigenvalue weighted by atomic mass is 16.5. The number of piperidine rings is 1. The Balaban J connectivity index is 1.70. The molecular formula is C15H24N2O2. The molecule has 0 amide bonds. The highest BCUT2D eigenvalue weighted by Gasteiger charge is 2.19. The van der Waals surface area contributed by atoms with Crippen LogP contribution < -0.4 is 4.74 Å². The number of hydrogen-bond donors (Lipinski definition) is 0. The standard InChI is InChI=1S/C15H24N2O2/c1-13-4-3-7-16-15(13)19-12-14-5-8-17(9-6-14)10-11-18-2/h3-4,7,14H,5-6,8-12H2,1-2H3. The number of ether oxygens (including phenoxy) is 2. The Hall–Kier alpha value is -1.13. The van der Waals surface area contributed by atoms with Crippen LogP contribution in [0.1, 0.15) is 18.4 Å². The number of pyridine rings is 1. The maximum atomic E-state index is 5.84. The first-order valence-corrected chi connectivity index (χ1v) is 7.05. The Kier molecular flexibility index (Phi) is 5.61. The molecule has 106 valence electrons. The lowest BCUT2D eigenvalue weighted by Gasteiger charge is -2.31. The molecule has 0 unspecified atom stereocenters. The van der Waals surface area contributed by atoms with Gasteiger partial charge in [-0.05, 0) is 44.8 Å². The summed E-state index contributed by atoms with van der Waals surface area (Å²) in [6.45, 7) is 7.00. The van der Waals surface area contributed by atoms with Crippen LogP contribution in [-0.2, 0) is 4.74 Å². The van der Waals surface area contributed by atoms with E-state index in [1.807, 2.05) is 19.1 Å². The molecule has 0 atom stereocenters. The van der Waals surface area contributed by atoms with E-state index in [1.165, 1.54) is 12.8 Å². The summed E-state index contributed by atoms with van der Waals surface area (Å²) in [6, 6.07) is 3.98. The van der Waals surface area contributed by atoms with Gasteiger partial charge in [-0.25, -0.2) is 4.98 Å². The van der Waals surface area contributed by atoms with Gasteiger partial charge in [-0.2, -0.15) is 0 Å². The van der Waals surface area contributed by atoms with E-state index in [0.29, 0.717) is 5.92 Å². The van der Waals surface area contributed by atoms with E-state index in [2.05, 4.69) is 9.88 Å². The van der Waals surface area contributed by atoms with Crippen molar-refractivity contribution >= 4 is 0 Å². The zero-order valence-electron chi connectivity index (χ0n) is 12.0. The molecule has 0 aliphatic carbocycles. The number of aryl methyl sites for hydroxylation is 1. The van der Waals surface area contributed by atoms with Crippen molar-refractivity contribution in [2.45, 2.75) is 19.8 Å². The number of rotatable bonds is 6. The van der Waals surface area contributed by atoms with Crippen LogP contribution >= 0.6 is 0 Å². The first-order valence-electron chi connectivity index (χ1n) is 7.05. The molecule has 1 aliphatic heterocycles. The summed E-state index contributed by atoms with van der Waals surface area (Å²) in [6.07, 6.45) is 4.20. The maximum Gasteiger partial charge on any atom is 0.216 e. The molecule has 0 saturated carbocycles. The molecule has 2 heterocycles. The summed E-state index contributed by atoms with van der Waals surface area (Å²) in [5, 5.41) is 0. The van der Waals surface area contributed by atoms with Crippen LogP contribution in [-0.4, -0.2) is 49.8 Å². The molecule has 1 aliphatic rings. The number of hydrogen-bond acceptors (Lipinski definition) is 4. The molecule has 2 rings (SSSR count). The van der Waals surface area contributed by atoms with Crippen molar-refractivity contribution in [2.24, 2.45) is 5.92 Å². The van der Waals surface area contributed by atoms with Crippen molar-refractivity contribution in [3.8, 4) is 5.88 Å². The fourth-order valence-corrected chi connectivity index (χ4v) is 2.42. The molecule has 0 bridgehead atoms. The smallest absolute Gasteiger partial charge is 0.216 e. The monoisotopic (exact) mass is 264 g/mol. The minimum absolute atomic E-state index is 0.653. The highest BCUT2D eigenvalue weighted by molar-refractivity contribution is 5.23. The lowest BCUT2D eigenvalue weighted by atomic mass is 9.98. The molecule has 0 spiro atoms. The van der Waals surface area contributed by atoms with Crippen LogP contribution in [0.5, 0.6) is 5.88 Å². The summed E-state index contributed by atoms with van der Waals surface area (Å²) in [5.41, 5.74) is 1.11. The lowest BCUT2D eigenvalue weighted by Crippen LogP contribution is -2.37. The third-order valence-electron chi connectivity index (χ3n) is 3.74. The maximum absolute atomic E-state index is 5.84. The molecule has 1 fully saturated rings. The van der Waals surface area contributed by atoms with Gasteiger partial charge < -0.3 is 14.4 Å². The predicted octanol–water partition coefficient (Wildman–Crippen LogP) is 2.13. The molecule has 0 aromatic carbocycles. The van der Waals surface area contributed by atoms with Crippen molar-refractivity contribution in [1.82, 2.24) is 9.88 Å². The molecule has 1 saturated heterocycles. The van der Waals surface area contributed by atoms with E-state index >= 15 is 0 Å². The van der Waals surface area contributed by atoms with Crippen molar-refractivity contribution < 1.29 is 9.47 Å². The van der Waals surface area contributed by atoms with Gasteiger partial charge >= 0.3 is 0 Å². The number of aromatic nitrogens is 1. The van der Waals surface area contributed by atoms with Crippen LogP contribution in [0.2, 0.25) is 0 Å². The van der Waals surface area contributed by atoms with Gasteiger partial charge in [0.15, 0.2) is 0 Å². The van der Waals surface area contributed by atoms with Crippen LogP contribution in [0.25, 0.3) is 0 Å². The highest BCUT2D eigenvalue weighted by Crippen LogP contribution is 2.19. The van der Waals surface area contributed by atoms with Gasteiger partial charge in [0.1, 0.15) is 0 Å². The zero-order chi connectivity index (χ0) is 13.5. The molecular weight excluding hydrogens is 240 g/mol. The molecule has 0 N–H and O–H groups in total. The summed E-state index contributed by atoms with van der Waals surface area (Å²) < 4.78 is 11.0. The second-order valence-corrected chi connectivity index (χ2v) is 5.21. The van der Waals surface area contributed by atoms with Crippen molar-refractivity contribution in [2.75, 3.05) is 40.0 Å². The van der Waals surface area contributed by atoms with Crippen molar-refractivity contribution in [3.63, 3.8) is 0 Å². The Morgan fingerprint density at radius 2 is 2.16 bits per heavy atom. The van der Waals surface area contributed by atoms with Gasteiger partial charge in [0.25, 0.3) is 0 Å². The Morgan fingerprint density at radius 3 is 2.84 bits per heavy atom. The van der Waals surface area contributed by atoms with E-state index < -0.39 is 0 Å². The molecule has 19 heavy (non-hydrogen) atoms. The van der Waals surface area contributed by atoms with E-state index in [-0.39, 0.29) is 0 Å². The van der Waals surface area contributed by atoms with E-state index in [4.69, 9.17) is 9.47 Å². The van der Waals surface area contributed by atoms with Crippen LogP contribution in [0.15, 0.2) is 18.3 Å². The van der Waals surface area contributed by atoms with Gasteiger partial charge in [0.05, 0.1) is 13.2 Å². The molecule has 0 radical (unpaired) electrons. The van der Waals surface area contributed by atoms with Gasteiger partial charge in [-0.15, -0.1) is 0 Å². The molecule has 4 nitrogen and oxygen atoms in total. The Bertz CT molecular complexity index is 376. The molecule has 4 heteroatoms. The fraction of sp³-hybridized carbons (Fsp3) is 0.667. The summed E-state index contributed by atoms with van der Waals surface area (Å²) >= 11 is 0. The Labute approximate surface area is 115 Å². The van der Waals surface area contributed by atoms with Gasteiger partial charge in [-0.3, -0.25) is 0 Å². The van der Waals surface area contributed by atoms with Crippen LogP contribution in [0.3, 0.4) is 0 Å². The third-order valence-corrected chi connectivity index (χ3v) is 3.74. The first kappa shape index (κ1) is 14.3. The second kappa shape index (κ2) is 7.46. The number of nitrogens with zero attached hydrogens (tertiary/aromatic N) is 2. The number of likely N-dealkylation sites (tertiary alicyclic amines) is 1. The van der Waals surface area contributed by atoms with Crippen LogP contribution in [0.4, 0.5) is 0 Å². The number of methoxy groups -OCH3 is 1. The average molecular weight is 264 g/mol. The van der Waals surface area contributed by atoms with Crippen molar-refractivity contribution in [3.05, 3.63) is 23.9 Å². The lowest BCUT2D eigenvalue weighted by molar-refractivity contribution is 0.104. The average Bonchev–Trinajstić information content (AvgIpc) is 2.45. The summed E-state index contributed by atoms with van der Waals surface area (Å²) in [4.78, 5) is 6.73. The minimum atomic E-state index is 0.653. The van der Waals surface area contributed by atoms with Gasteiger partial charge in [0, 0.05) is 25.4 Å². The van der Waals surface area contributed by atoms with E-state index in [9.17, 15) is 0 Å². The third kappa shape index (κ3) is 4.48. The van der Waals surface area contributed by atoms with Crippen molar-refractivity contribution in [1.29, 1.82) is 0 Å². The predicted molar refractivity (Wildman–Crippen MR) is 75.5 cm³/mol. The van der Waals surface area contributed by atoms with E-state index in [0.717, 1.165) is 44.3 Å². The van der Waals surface area contributed by atoms with Gasteiger partial charge in [0.2, 0.25) is 5.88 Å². The van der Waals surface area contributed by atoms with Gasteiger partial charge in [-0.1, -0.05) is 6.07 Å². The van der Waals surface area contributed by atoms with Crippen LogP contribution in [0, 0.1) is 12.8 Å². The molecule has 1 aromatic rings. The minimum Gasteiger partial charge on any atom is -0.477 e. The zero-order valence-corrected chi connectivity index (χ0v) is 12.0. The van der Waals surface area contributed by atoms with E-state index in [1.54, 1.807) is 13.3 Å². The second-order valence-electron chi connectivity index (χ2n) is 5.21. The largest absolute Gasteiger partial charge is 0.477 e. The normalized spacial score (nSPS) is 17.6. The quantitative estimate of drug-likeness (QED) is 0.788. The fourth-order valence-electron chi connectivity index (χ4n) is 2.42. The summed E-state index contributed by atoms with van der Waals surface area (Å²) in [7, 11) is 1.76. The molecule has 1 aromatic heterocycles. The topological polar surface area (TPSA) is 34.6 Å². The SMILES string of the molecule is COCCN1CCC(COc2ncccc2C)CC1. The Morgan fingerprint density at radius 1 is 1.37 bits per heavy atom.